The summed E-state index contributed by atoms with van der Waals surface area (Å²) in [7, 11) is 0. The van der Waals surface area contributed by atoms with E-state index in [4.69, 9.17) is 16.7 Å². The number of carbonyl (C=O) groups is 2. The normalized spacial score (nSPS) is 19.1. The van der Waals surface area contributed by atoms with Gasteiger partial charge < -0.3 is 10.0 Å². The number of halogens is 4. The molecular formula is C12H9ClF3NO3S. The Hall–Kier alpha value is -1.41. The minimum atomic E-state index is -4.55. The third-order valence-electron chi connectivity index (χ3n) is 2.87. The van der Waals surface area contributed by atoms with Gasteiger partial charge in [-0.25, -0.2) is 0 Å². The topological polar surface area (TPSA) is 57.6 Å². The smallest absolute Gasteiger partial charge is 0.416 e. The molecule has 1 fully saturated rings. The van der Waals surface area contributed by atoms with Gasteiger partial charge in [-0.3, -0.25) is 9.59 Å². The SMILES string of the molecule is O=C(O)CC1SCN(c2cc(C(F)(F)F)ccc2Cl)C1=O. The van der Waals surface area contributed by atoms with E-state index in [2.05, 4.69) is 0 Å². The van der Waals surface area contributed by atoms with Crippen molar-refractivity contribution in [3.63, 3.8) is 0 Å². The molecule has 0 saturated carbocycles. The fourth-order valence-electron chi connectivity index (χ4n) is 1.86. The van der Waals surface area contributed by atoms with Crippen molar-refractivity contribution in [3.05, 3.63) is 28.8 Å². The highest BCUT2D eigenvalue weighted by Gasteiger charge is 2.37. The van der Waals surface area contributed by atoms with Gasteiger partial charge in [-0.15, -0.1) is 11.8 Å². The van der Waals surface area contributed by atoms with Crippen molar-refractivity contribution < 1.29 is 27.9 Å². The van der Waals surface area contributed by atoms with Crippen molar-refractivity contribution in [1.82, 2.24) is 0 Å². The van der Waals surface area contributed by atoms with E-state index in [0.717, 1.165) is 34.9 Å². The zero-order chi connectivity index (χ0) is 15.8. The highest BCUT2D eigenvalue weighted by atomic mass is 35.5. The summed E-state index contributed by atoms with van der Waals surface area (Å²) in [4.78, 5) is 23.8. The first-order valence-electron chi connectivity index (χ1n) is 5.71. The van der Waals surface area contributed by atoms with Crippen LogP contribution < -0.4 is 4.90 Å². The van der Waals surface area contributed by atoms with Crippen LogP contribution >= 0.6 is 23.4 Å². The van der Waals surface area contributed by atoms with Crippen LogP contribution in [0.5, 0.6) is 0 Å². The predicted molar refractivity (Wildman–Crippen MR) is 72.4 cm³/mol. The average Bonchev–Trinajstić information content (AvgIpc) is 2.70. The van der Waals surface area contributed by atoms with Gasteiger partial charge in [-0.2, -0.15) is 13.2 Å². The van der Waals surface area contributed by atoms with Gasteiger partial charge in [-0.1, -0.05) is 11.6 Å². The molecule has 1 aromatic carbocycles. The molecule has 0 aromatic heterocycles. The lowest BCUT2D eigenvalue weighted by molar-refractivity contribution is -0.138. The Morgan fingerprint density at radius 1 is 1.48 bits per heavy atom. The molecule has 1 atom stereocenters. The molecule has 0 spiro atoms. The highest BCUT2D eigenvalue weighted by molar-refractivity contribution is 8.01. The van der Waals surface area contributed by atoms with Crippen molar-refractivity contribution in [1.29, 1.82) is 0 Å². The van der Waals surface area contributed by atoms with E-state index in [1.54, 1.807) is 0 Å². The maximum atomic E-state index is 12.7. The number of carbonyl (C=O) groups excluding carboxylic acids is 1. The molecule has 1 unspecified atom stereocenters. The Balaban J connectivity index is 2.30. The van der Waals surface area contributed by atoms with E-state index in [0.29, 0.717) is 0 Å². The largest absolute Gasteiger partial charge is 0.481 e. The number of thioether (sulfide) groups is 1. The lowest BCUT2D eigenvalue weighted by Gasteiger charge is -2.19. The molecule has 21 heavy (non-hydrogen) atoms. The number of nitrogens with zero attached hydrogens (tertiary/aromatic N) is 1. The average molecular weight is 340 g/mol. The van der Waals surface area contributed by atoms with Crippen LogP contribution in [0.4, 0.5) is 18.9 Å². The molecule has 4 nitrogen and oxygen atoms in total. The Kier molecular flexibility index (Phi) is 4.38. The van der Waals surface area contributed by atoms with Crippen LogP contribution in [0.3, 0.4) is 0 Å². The zero-order valence-electron chi connectivity index (χ0n) is 10.4. The standard InChI is InChI=1S/C12H9ClF3NO3S/c13-7-2-1-6(12(14,15)16)3-8(7)17-5-21-9(11(17)20)4-10(18)19/h1-3,9H,4-5H2,(H,18,19). The molecule has 1 amide bonds. The first kappa shape index (κ1) is 16.0. The van der Waals surface area contributed by atoms with Gasteiger partial charge in [0, 0.05) is 0 Å². The van der Waals surface area contributed by atoms with Crippen molar-refractivity contribution in [2.45, 2.75) is 17.8 Å². The van der Waals surface area contributed by atoms with Gasteiger partial charge in [-0.05, 0) is 18.2 Å². The zero-order valence-corrected chi connectivity index (χ0v) is 11.9. The van der Waals surface area contributed by atoms with Crippen molar-refractivity contribution >= 4 is 40.9 Å². The Morgan fingerprint density at radius 3 is 2.71 bits per heavy atom. The molecule has 0 bridgehead atoms. The predicted octanol–water partition coefficient (Wildman–Crippen LogP) is 3.24. The number of carboxylic acid groups (broad SMARTS) is 1. The van der Waals surface area contributed by atoms with E-state index < -0.39 is 28.9 Å². The second-order valence-corrected chi connectivity index (χ2v) is 5.88. The molecule has 0 radical (unpaired) electrons. The van der Waals surface area contributed by atoms with Crippen LogP contribution in [-0.4, -0.2) is 28.1 Å². The fourth-order valence-corrected chi connectivity index (χ4v) is 3.21. The second kappa shape index (κ2) is 5.76. The Morgan fingerprint density at radius 2 is 2.14 bits per heavy atom. The van der Waals surface area contributed by atoms with Gasteiger partial charge in [0.05, 0.1) is 33.8 Å². The third kappa shape index (κ3) is 3.44. The Labute approximate surface area is 126 Å². The van der Waals surface area contributed by atoms with E-state index in [-0.39, 0.29) is 23.0 Å². The van der Waals surface area contributed by atoms with Crippen molar-refractivity contribution in [2.75, 3.05) is 10.8 Å². The van der Waals surface area contributed by atoms with Crippen molar-refractivity contribution in [2.24, 2.45) is 0 Å². The first-order valence-corrected chi connectivity index (χ1v) is 7.14. The molecule has 1 aromatic rings. The molecule has 114 valence electrons. The monoisotopic (exact) mass is 339 g/mol. The number of aliphatic carboxylic acids is 1. The molecule has 0 aliphatic carbocycles. The first-order chi connectivity index (χ1) is 9.70. The molecule has 1 aliphatic heterocycles. The van der Waals surface area contributed by atoms with Gasteiger partial charge in [0.25, 0.3) is 0 Å². The lowest BCUT2D eigenvalue weighted by Crippen LogP contribution is -2.30. The summed E-state index contributed by atoms with van der Waals surface area (Å²) in [6.45, 7) is 0. The molecule has 1 aliphatic rings. The number of rotatable bonds is 3. The quantitative estimate of drug-likeness (QED) is 0.918. The second-order valence-electron chi connectivity index (χ2n) is 4.31. The molecular weight excluding hydrogens is 331 g/mol. The molecule has 1 N–H and O–H groups in total. The van der Waals surface area contributed by atoms with Gasteiger partial charge in [0.1, 0.15) is 0 Å². The van der Waals surface area contributed by atoms with Gasteiger partial charge in [0.2, 0.25) is 5.91 Å². The summed E-state index contributed by atoms with van der Waals surface area (Å²) >= 11 is 6.92. The van der Waals surface area contributed by atoms with Crippen LogP contribution in [0, 0.1) is 0 Å². The van der Waals surface area contributed by atoms with Crippen LogP contribution in [-0.2, 0) is 15.8 Å². The van der Waals surface area contributed by atoms with Crippen LogP contribution in [0.25, 0.3) is 0 Å². The molecule has 1 saturated heterocycles. The number of anilines is 1. The Bertz CT molecular complexity index is 594. The van der Waals surface area contributed by atoms with Gasteiger partial charge >= 0.3 is 12.1 Å². The molecule has 1 heterocycles. The number of alkyl halides is 3. The van der Waals surface area contributed by atoms with E-state index >= 15 is 0 Å². The van der Waals surface area contributed by atoms with E-state index in [9.17, 15) is 22.8 Å². The highest BCUT2D eigenvalue weighted by Crippen LogP contribution is 2.39. The van der Waals surface area contributed by atoms with Crippen LogP contribution in [0.2, 0.25) is 5.02 Å². The van der Waals surface area contributed by atoms with Crippen LogP contribution in [0.1, 0.15) is 12.0 Å². The third-order valence-corrected chi connectivity index (χ3v) is 4.37. The summed E-state index contributed by atoms with van der Waals surface area (Å²) < 4.78 is 38.1. The number of amides is 1. The summed E-state index contributed by atoms with van der Waals surface area (Å²) in [6.07, 6.45) is -4.92. The minimum absolute atomic E-state index is 0.00734. The van der Waals surface area contributed by atoms with E-state index in [1.165, 1.54) is 0 Å². The summed E-state index contributed by atoms with van der Waals surface area (Å²) in [5.74, 6) is -1.63. The minimum Gasteiger partial charge on any atom is -0.481 e. The molecule has 9 heteroatoms. The fraction of sp³-hybridized carbons (Fsp3) is 0.333. The van der Waals surface area contributed by atoms with Gasteiger partial charge in [0.15, 0.2) is 0 Å². The number of hydrogen-bond acceptors (Lipinski definition) is 3. The summed E-state index contributed by atoms with van der Waals surface area (Å²) in [5.41, 5.74) is -0.974. The number of hydrogen-bond donors (Lipinski definition) is 1. The maximum Gasteiger partial charge on any atom is 0.416 e. The number of carboxylic acids is 1. The maximum absolute atomic E-state index is 12.7. The summed E-state index contributed by atoms with van der Waals surface area (Å²) in [6, 6.07) is 2.69. The molecule has 2 rings (SSSR count). The van der Waals surface area contributed by atoms with Crippen molar-refractivity contribution in [3.8, 4) is 0 Å². The number of benzene rings is 1. The van der Waals surface area contributed by atoms with E-state index in [1.807, 2.05) is 0 Å². The van der Waals surface area contributed by atoms with Crippen LogP contribution in [0.15, 0.2) is 18.2 Å². The lowest BCUT2D eigenvalue weighted by atomic mass is 10.1. The summed E-state index contributed by atoms with van der Waals surface area (Å²) in [5, 5.41) is 7.89.